The predicted molar refractivity (Wildman–Crippen MR) is 71.2 cm³/mol. The van der Waals surface area contributed by atoms with Crippen LogP contribution in [-0.4, -0.2) is 27.9 Å². The molecule has 0 atom stereocenters. The Morgan fingerprint density at radius 2 is 2.26 bits per heavy atom. The fourth-order valence-electron chi connectivity index (χ4n) is 1.82. The lowest BCUT2D eigenvalue weighted by Crippen LogP contribution is -2.13. The SMILES string of the molecule is CCCn1nncc1C(=O)c1ccc(OC)cc1N. The van der Waals surface area contributed by atoms with E-state index in [0.29, 0.717) is 29.2 Å². The number of aryl methyl sites for hydroxylation is 1. The smallest absolute Gasteiger partial charge is 0.214 e. The molecule has 0 unspecified atom stereocenters. The quantitative estimate of drug-likeness (QED) is 0.650. The number of methoxy groups -OCH3 is 1. The highest BCUT2D eigenvalue weighted by atomic mass is 16.5. The summed E-state index contributed by atoms with van der Waals surface area (Å²) in [6, 6.07) is 4.98. The van der Waals surface area contributed by atoms with E-state index in [1.165, 1.54) is 6.20 Å². The number of aromatic nitrogens is 3. The number of nitrogens with two attached hydrogens (primary N) is 1. The number of benzene rings is 1. The largest absolute Gasteiger partial charge is 0.497 e. The summed E-state index contributed by atoms with van der Waals surface area (Å²) in [7, 11) is 1.55. The molecule has 2 aromatic rings. The molecule has 6 nitrogen and oxygen atoms in total. The lowest BCUT2D eigenvalue weighted by molar-refractivity contribution is 0.102. The van der Waals surface area contributed by atoms with Gasteiger partial charge in [-0.05, 0) is 18.6 Å². The Kier molecular flexibility index (Phi) is 3.79. The van der Waals surface area contributed by atoms with Gasteiger partial charge in [0.2, 0.25) is 5.78 Å². The third-order valence-corrected chi connectivity index (χ3v) is 2.79. The summed E-state index contributed by atoms with van der Waals surface area (Å²) >= 11 is 0. The highest BCUT2D eigenvalue weighted by Crippen LogP contribution is 2.22. The molecule has 0 spiro atoms. The third-order valence-electron chi connectivity index (χ3n) is 2.79. The van der Waals surface area contributed by atoms with Crippen LogP contribution in [0.1, 0.15) is 29.4 Å². The molecule has 0 aliphatic carbocycles. The van der Waals surface area contributed by atoms with E-state index in [4.69, 9.17) is 10.5 Å². The van der Waals surface area contributed by atoms with Gasteiger partial charge in [0.25, 0.3) is 0 Å². The van der Waals surface area contributed by atoms with Crippen LogP contribution in [0.4, 0.5) is 5.69 Å². The summed E-state index contributed by atoms with van der Waals surface area (Å²) < 4.78 is 6.65. The highest BCUT2D eigenvalue weighted by Gasteiger charge is 2.17. The van der Waals surface area contributed by atoms with Crippen molar-refractivity contribution < 1.29 is 9.53 Å². The van der Waals surface area contributed by atoms with Crippen molar-refractivity contribution in [3.8, 4) is 5.75 Å². The van der Waals surface area contributed by atoms with Crippen LogP contribution >= 0.6 is 0 Å². The standard InChI is InChI=1S/C13H16N4O2/c1-3-6-17-12(8-15-16-17)13(18)10-5-4-9(19-2)7-11(10)14/h4-5,7-8H,3,6,14H2,1-2H3. The second-order valence-electron chi connectivity index (χ2n) is 4.12. The van der Waals surface area contributed by atoms with Gasteiger partial charge in [-0.1, -0.05) is 12.1 Å². The zero-order chi connectivity index (χ0) is 13.8. The van der Waals surface area contributed by atoms with Gasteiger partial charge in [0.05, 0.1) is 13.3 Å². The first-order chi connectivity index (χ1) is 9.17. The fourth-order valence-corrected chi connectivity index (χ4v) is 1.82. The van der Waals surface area contributed by atoms with E-state index in [0.717, 1.165) is 6.42 Å². The van der Waals surface area contributed by atoms with Gasteiger partial charge in [0, 0.05) is 23.9 Å². The Hall–Kier alpha value is -2.37. The van der Waals surface area contributed by atoms with Crippen LogP contribution in [0.15, 0.2) is 24.4 Å². The molecule has 0 saturated heterocycles. The monoisotopic (exact) mass is 260 g/mol. The number of carbonyl (C=O) groups excluding carboxylic acids is 1. The molecular formula is C13H16N4O2. The molecule has 1 aromatic carbocycles. The normalized spacial score (nSPS) is 10.4. The van der Waals surface area contributed by atoms with Crippen molar-refractivity contribution in [2.24, 2.45) is 0 Å². The zero-order valence-corrected chi connectivity index (χ0v) is 11.0. The molecule has 0 saturated carbocycles. The number of rotatable bonds is 5. The van der Waals surface area contributed by atoms with E-state index in [9.17, 15) is 4.79 Å². The highest BCUT2D eigenvalue weighted by molar-refractivity contribution is 6.11. The van der Waals surface area contributed by atoms with Gasteiger partial charge in [0.1, 0.15) is 11.4 Å². The topological polar surface area (TPSA) is 83.0 Å². The van der Waals surface area contributed by atoms with Gasteiger partial charge in [0.15, 0.2) is 0 Å². The number of carbonyl (C=O) groups is 1. The van der Waals surface area contributed by atoms with Gasteiger partial charge in [-0.2, -0.15) is 0 Å². The molecule has 1 aromatic heterocycles. The van der Waals surface area contributed by atoms with Crippen LogP contribution in [0.2, 0.25) is 0 Å². The molecule has 0 aliphatic heterocycles. The third kappa shape index (κ3) is 2.57. The number of anilines is 1. The van der Waals surface area contributed by atoms with E-state index in [2.05, 4.69) is 10.3 Å². The van der Waals surface area contributed by atoms with Crippen LogP contribution in [-0.2, 0) is 6.54 Å². The molecule has 2 N–H and O–H groups in total. The minimum atomic E-state index is -0.182. The summed E-state index contributed by atoms with van der Waals surface area (Å²) in [5.41, 5.74) is 7.13. The average Bonchev–Trinajstić information content (AvgIpc) is 2.86. The van der Waals surface area contributed by atoms with E-state index < -0.39 is 0 Å². The number of ketones is 1. The van der Waals surface area contributed by atoms with E-state index >= 15 is 0 Å². The van der Waals surface area contributed by atoms with Crippen molar-refractivity contribution in [1.82, 2.24) is 15.0 Å². The van der Waals surface area contributed by atoms with E-state index in [1.54, 1.807) is 30.0 Å². The second kappa shape index (κ2) is 5.51. The molecule has 6 heteroatoms. The van der Waals surface area contributed by atoms with E-state index in [1.807, 2.05) is 6.92 Å². The predicted octanol–water partition coefficient (Wildman–Crippen LogP) is 1.51. The van der Waals surface area contributed by atoms with Gasteiger partial charge in [-0.3, -0.25) is 4.79 Å². The molecule has 0 aliphatic rings. The molecule has 100 valence electrons. The molecule has 0 radical (unpaired) electrons. The number of hydrogen-bond donors (Lipinski definition) is 1. The van der Waals surface area contributed by atoms with Crippen LogP contribution < -0.4 is 10.5 Å². The van der Waals surface area contributed by atoms with Gasteiger partial charge < -0.3 is 10.5 Å². The van der Waals surface area contributed by atoms with Crippen molar-refractivity contribution in [1.29, 1.82) is 0 Å². The first-order valence-electron chi connectivity index (χ1n) is 6.04. The lowest BCUT2D eigenvalue weighted by atomic mass is 10.1. The van der Waals surface area contributed by atoms with Crippen molar-refractivity contribution >= 4 is 11.5 Å². The summed E-state index contributed by atoms with van der Waals surface area (Å²) in [6.45, 7) is 2.66. The summed E-state index contributed by atoms with van der Waals surface area (Å²) in [5, 5.41) is 7.67. The summed E-state index contributed by atoms with van der Waals surface area (Å²) in [5.74, 6) is 0.438. The minimum absolute atomic E-state index is 0.182. The molecule has 2 rings (SSSR count). The van der Waals surface area contributed by atoms with Crippen LogP contribution in [0.3, 0.4) is 0 Å². The molecular weight excluding hydrogens is 244 g/mol. The number of nitrogens with zero attached hydrogens (tertiary/aromatic N) is 3. The van der Waals surface area contributed by atoms with Gasteiger partial charge in [-0.15, -0.1) is 5.10 Å². The Labute approximate surface area is 111 Å². The minimum Gasteiger partial charge on any atom is -0.497 e. The van der Waals surface area contributed by atoms with Crippen molar-refractivity contribution in [2.45, 2.75) is 19.9 Å². The summed E-state index contributed by atoms with van der Waals surface area (Å²) in [6.07, 6.45) is 2.34. The van der Waals surface area contributed by atoms with Crippen LogP contribution in [0.25, 0.3) is 0 Å². The Morgan fingerprint density at radius 3 is 2.89 bits per heavy atom. The first-order valence-corrected chi connectivity index (χ1v) is 6.04. The maximum absolute atomic E-state index is 12.4. The second-order valence-corrected chi connectivity index (χ2v) is 4.12. The average molecular weight is 260 g/mol. The van der Waals surface area contributed by atoms with Crippen LogP contribution in [0.5, 0.6) is 5.75 Å². The first kappa shape index (κ1) is 13.1. The fraction of sp³-hybridized carbons (Fsp3) is 0.308. The van der Waals surface area contributed by atoms with E-state index in [-0.39, 0.29) is 5.78 Å². The van der Waals surface area contributed by atoms with Crippen molar-refractivity contribution in [2.75, 3.05) is 12.8 Å². The van der Waals surface area contributed by atoms with Gasteiger partial charge in [-0.25, -0.2) is 4.68 Å². The zero-order valence-electron chi connectivity index (χ0n) is 11.0. The molecule has 0 bridgehead atoms. The van der Waals surface area contributed by atoms with Gasteiger partial charge >= 0.3 is 0 Å². The Morgan fingerprint density at radius 1 is 1.47 bits per heavy atom. The Balaban J connectivity index is 2.36. The molecule has 19 heavy (non-hydrogen) atoms. The van der Waals surface area contributed by atoms with Crippen molar-refractivity contribution in [3.63, 3.8) is 0 Å². The maximum Gasteiger partial charge on any atom is 0.214 e. The van der Waals surface area contributed by atoms with Crippen molar-refractivity contribution in [3.05, 3.63) is 35.7 Å². The lowest BCUT2D eigenvalue weighted by Gasteiger charge is -2.08. The number of hydrogen-bond acceptors (Lipinski definition) is 5. The van der Waals surface area contributed by atoms with Crippen LogP contribution in [0, 0.1) is 0 Å². The summed E-state index contributed by atoms with van der Waals surface area (Å²) in [4.78, 5) is 12.4. The Bertz CT molecular complexity index is 592. The number of ether oxygens (including phenoxy) is 1. The molecule has 1 heterocycles. The number of nitrogen functional groups attached to an aromatic ring is 1. The molecule has 0 amide bonds. The maximum atomic E-state index is 12.4. The molecule has 0 fully saturated rings.